The molecule has 2 rings (SSSR count). The van der Waals surface area contributed by atoms with Crippen LogP contribution in [0.5, 0.6) is 5.75 Å². The summed E-state index contributed by atoms with van der Waals surface area (Å²) in [6.45, 7) is 2.29. The Bertz CT molecular complexity index is 568. The number of hydrogen-bond donors (Lipinski definition) is 0. The highest BCUT2D eigenvalue weighted by Gasteiger charge is 2.04. The van der Waals surface area contributed by atoms with Crippen molar-refractivity contribution >= 4 is 0 Å². The molecule has 0 unspecified atom stereocenters. The summed E-state index contributed by atoms with van der Waals surface area (Å²) >= 11 is 0. The lowest BCUT2D eigenvalue weighted by atomic mass is 10.1. The lowest BCUT2D eigenvalue weighted by molar-refractivity contribution is 0.299. The highest BCUT2D eigenvalue weighted by atomic mass is 16.5. The van der Waals surface area contributed by atoms with Crippen LogP contribution in [-0.4, -0.2) is 15.0 Å². The van der Waals surface area contributed by atoms with Gasteiger partial charge in [0, 0.05) is 7.05 Å². The van der Waals surface area contributed by atoms with Gasteiger partial charge < -0.3 is 4.74 Å². The van der Waals surface area contributed by atoms with Gasteiger partial charge in [0.1, 0.15) is 18.1 Å². The average Bonchev–Trinajstić information content (AvgIpc) is 2.74. The van der Waals surface area contributed by atoms with Crippen molar-refractivity contribution in [3.05, 3.63) is 41.2 Å². The molecule has 0 aliphatic carbocycles. The summed E-state index contributed by atoms with van der Waals surface area (Å²) < 4.78 is 7.23. The molecule has 0 bridgehead atoms. The van der Waals surface area contributed by atoms with Crippen molar-refractivity contribution in [2.75, 3.05) is 0 Å². The third-order valence-electron chi connectivity index (χ3n) is 2.34. The fourth-order valence-corrected chi connectivity index (χ4v) is 1.44. The van der Waals surface area contributed by atoms with Gasteiger partial charge in [-0.05, 0) is 24.6 Å². The molecule has 0 fully saturated rings. The summed E-state index contributed by atoms with van der Waals surface area (Å²) in [7, 11) is 1.80. The number of nitrogens with zero attached hydrogens (tertiary/aromatic N) is 4. The molecule has 5 nitrogen and oxygen atoms in total. The van der Waals surface area contributed by atoms with E-state index in [1.165, 1.54) is 0 Å². The molecule has 1 aromatic carbocycles. The third-order valence-corrected chi connectivity index (χ3v) is 2.34. The highest BCUT2D eigenvalue weighted by molar-refractivity contribution is 5.41. The topological polar surface area (TPSA) is 63.7 Å². The van der Waals surface area contributed by atoms with E-state index < -0.39 is 0 Å². The van der Waals surface area contributed by atoms with Gasteiger partial charge in [0.25, 0.3) is 0 Å². The molecule has 0 atom stereocenters. The molecule has 1 aromatic heterocycles. The Kier molecular flexibility index (Phi) is 3.06. The standard InChI is InChI=1S/C12H12N4O/c1-9-3-4-10(6-13)5-12(9)17-8-11-7-16(2)15-14-11/h3-5,7H,8H2,1-2H3. The summed E-state index contributed by atoms with van der Waals surface area (Å²) in [6.07, 6.45) is 1.80. The van der Waals surface area contributed by atoms with Crippen molar-refractivity contribution in [2.24, 2.45) is 7.05 Å². The van der Waals surface area contributed by atoms with Crippen molar-refractivity contribution in [3.63, 3.8) is 0 Å². The van der Waals surface area contributed by atoms with Gasteiger partial charge >= 0.3 is 0 Å². The van der Waals surface area contributed by atoms with Gasteiger partial charge in [-0.15, -0.1) is 5.10 Å². The van der Waals surface area contributed by atoms with E-state index in [0.717, 1.165) is 11.3 Å². The number of ether oxygens (including phenoxy) is 1. The van der Waals surface area contributed by atoms with Gasteiger partial charge in [-0.1, -0.05) is 11.3 Å². The van der Waals surface area contributed by atoms with Gasteiger partial charge in [0.15, 0.2) is 0 Å². The van der Waals surface area contributed by atoms with Crippen LogP contribution in [0.1, 0.15) is 16.8 Å². The fraction of sp³-hybridized carbons (Fsp3) is 0.250. The molecule has 0 spiro atoms. The predicted octanol–water partition coefficient (Wildman–Crippen LogP) is 1.57. The molecule has 86 valence electrons. The quantitative estimate of drug-likeness (QED) is 0.800. The highest BCUT2D eigenvalue weighted by Crippen LogP contribution is 2.20. The number of nitriles is 1. The van der Waals surface area contributed by atoms with Crippen molar-refractivity contribution in [3.8, 4) is 11.8 Å². The Balaban J connectivity index is 2.11. The largest absolute Gasteiger partial charge is 0.487 e. The van der Waals surface area contributed by atoms with Gasteiger partial charge in [-0.3, -0.25) is 4.68 Å². The zero-order valence-corrected chi connectivity index (χ0v) is 9.71. The van der Waals surface area contributed by atoms with E-state index in [2.05, 4.69) is 16.4 Å². The van der Waals surface area contributed by atoms with E-state index in [-0.39, 0.29) is 0 Å². The van der Waals surface area contributed by atoms with Crippen LogP contribution < -0.4 is 4.74 Å². The Morgan fingerprint density at radius 2 is 2.29 bits per heavy atom. The van der Waals surface area contributed by atoms with Crippen LogP contribution in [0.15, 0.2) is 24.4 Å². The van der Waals surface area contributed by atoms with Crippen molar-refractivity contribution in [1.29, 1.82) is 5.26 Å². The number of benzene rings is 1. The maximum absolute atomic E-state index is 8.81. The summed E-state index contributed by atoms with van der Waals surface area (Å²) in [5.74, 6) is 0.703. The molecule has 2 aromatic rings. The number of rotatable bonds is 3. The lowest BCUT2D eigenvalue weighted by Gasteiger charge is -2.07. The summed E-state index contributed by atoms with van der Waals surface area (Å²) in [5.41, 5.74) is 2.34. The minimum atomic E-state index is 0.351. The van der Waals surface area contributed by atoms with Crippen LogP contribution in [-0.2, 0) is 13.7 Å². The second-order valence-electron chi connectivity index (χ2n) is 3.76. The number of hydrogen-bond acceptors (Lipinski definition) is 4. The number of aromatic nitrogens is 3. The molecule has 1 heterocycles. The zero-order valence-electron chi connectivity index (χ0n) is 9.71. The first kappa shape index (κ1) is 11.1. The lowest BCUT2D eigenvalue weighted by Crippen LogP contribution is -1.97. The minimum absolute atomic E-state index is 0.351. The molecular weight excluding hydrogens is 216 g/mol. The summed E-state index contributed by atoms with van der Waals surface area (Å²) in [4.78, 5) is 0. The van der Waals surface area contributed by atoms with Crippen LogP contribution in [0.3, 0.4) is 0 Å². The Morgan fingerprint density at radius 3 is 2.94 bits per heavy atom. The SMILES string of the molecule is Cc1ccc(C#N)cc1OCc1cn(C)nn1. The molecule has 0 aliphatic rings. The summed E-state index contributed by atoms with van der Waals surface area (Å²) in [6, 6.07) is 7.45. The van der Waals surface area contributed by atoms with Crippen LogP contribution in [0.25, 0.3) is 0 Å². The first-order valence-electron chi connectivity index (χ1n) is 5.18. The second kappa shape index (κ2) is 4.66. The maximum atomic E-state index is 8.81. The van der Waals surface area contributed by atoms with Crippen LogP contribution >= 0.6 is 0 Å². The number of aryl methyl sites for hydroxylation is 2. The Labute approximate surface area is 99.2 Å². The molecule has 0 N–H and O–H groups in total. The van der Waals surface area contributed by atoms with Crippen LogP contribution in [0.4, 0.5) is 0 Å². The Morgan fingerprint density at radius 1 is 1.47 bits per heavy atom. The van der Waals surface area contributed by atoms with E-state index in [9.17, 15) is 0 Å². The smallest absolute Gasteiger partial charge is 0.134 e. The first-order chi connectivity index (χ1) is 8.19. The zero-order chi connectivity index (χ0) is 12.3. The van der Waals surface area contributed by atoms with Crippen molar-refractivity contribution in [1.82, 2.24) is 15.0 Å². The molecule has 17 heavy (non-hydrogen) atoms. The monoisotopic (exact) mass is 228 g/mol. The molecule has 0 aliphatic heterocycles. The van der Waals surface area contributed by atoms with Gasteiger partial charge in [-0.2, -0.15) is 5.26 Å². The first-order valence-corrected chi connectivity index (χ1v) is 5.18. The molecule has 0 amide bonds. The van der Waals surface area contributed by atoms with Crippen molar-refractivity contribution in [2.45, 2.75) is 13.5 Å². The van der Waals surface area contributed by atoms with Crippen molar-refractivity contribution < 1.29 is 4.74 Å². The van der Waals surface area contributed by atoms with Crippen LogP contribution in [0, 0.1) is 18.3 Å². The summed E-state index contributed by atoms with van der Waals surface area (Å²) in [5, 5.41) is 16.6. The van der Waals surface area contributed by atoms with Crippen LogP contribution in [0.2, 0.25) is 0 Å². The van der Waals surface area contributed by atoms with Gasteiger partial charge in [-0.25, -0.2) is 0 Å². The van der Waals surface area contributed by atoms with E-state index in [0.29, 0.717) is 17.9 Å². The molecule has 0 saturated carbocycles. The second-order valence-corrected chi connectivity index (χ2v) is 3.76. The minimum Gasteiger partial charge on any atom is -0.487 e. The normalized spacial score (nSPS) is 9.94. The molecule has 0 radical (unpaired) electrons. The third kappa shape index (κ3) is 2.61. The van der Waals surface area contributed by atoms with E-state index >= 15 is 0 Å². The molecule has 5 heteroatoms. The van der Waals surface area contributed by atoms with E-state index in [1.54, 1.807) is 30.1 Å². The van der Waals surface area contributed by atoms with Gasteiger partial charge in [0.05, 0.1) is 17.8 Å². The fourth-order valence-electron chi connectivity index (χ4n) is 1.44. The average molecular weight is 228 g/mol. The maximum Gasteiger partial charge on any atom is 0.134 e. The molecule has 0 saturated heterocycles. The van der Waals surface area contributed by atoms with E-state index in [1.807, 2.05) is 13.0 Å². The molecular formula is C12H12N4O. The predicted molar refractivity (Wildman–Crippen MR) is 61.2 cm³/mol. The Hall–Kier alpha value is -2.35. The van der Waals surface area contributed by atoms with E-state index in [4.69, 9.17) is 10.00 Å². The van der Waals surface area contributed by atoms with Gasteiger partial charge in [0.2, 0.25) is 0 Å².